The highest BCUT2D eigenvalue weighted by Crippen LogP contribution is 2.32. The molecule has 3 nitrogen and oxygen atoms in total. The van der Waals surface area contributed by atoms with Gasteiger partial charge in [-0.05, 0) is 43.9 Å². The molecular weight excluding hydrogens is 236 g/mol. The second-order valence-corrected chi connectivity index (χ2v) is 7.14. The smallest absolute Gasteiger partial charge is 0.224 e. The molecule has 1 saturated carbocycles. The molecule has 2 N–H and O–H groups in total. The van der Waals surface area contributed by atoms with Gasteiger partial charge in [0.25, 0.3) is 0 Å². The van der Waals surface area contributed by atoms with Gasteiger partial charge < -0.3 is 10.6 Å². The topological polar surface area (TPSA) is 46.3 Å². The van der Waals surface area contributed by atoms with Crippen LogP contribution in [0.1, 0.15) is 66.2 Å². The Labute approximate surface area is 118 Å². The van der Waals surface area contributed by atoms with Crippen LogP contribution < -0.4 is 5.73 Å². The van der Waals surface area contributed by atoms with Gasteiger partial charge in [0.05, 0.1) is 0 Å². The second-order valence-electron chi connectivity index (χ2n) is 7.14. The van der Waals surface area contributed by atoms with Crippen LogP contribution in [0.25, 0.3) is 0 Å². The number of rotatable bonds is 8. The number of nitrogens with zero attached hydrogens (tertiary/aromatic N) is 1. The van der Waals surface area contributed by atoms with Gasteiger partial charge in [0.1, 0.15) is 0 Å². The molecule has 1 fully saturated rings. The molecule has 0 aromatic rings. The van der Waals surface area contributed by atoms with Crippen molar-refractivity contribution >= 4 is 5.91 Å². The first-order valence-corrected chi connectivity index (χ1v) is 7.89. The van der Waals surface area contributed by atoms with Gasteiger partial charge in [0.15, 0.2) is 0 Å². The van der Waals surface area contributed by atoms with Crippen LogP contribution >= 0.6 is 0 Å². The van der Waals surface area contributed by atoms with Crippen LogP contribution in [0.3, 0.4) is 0 Å². The Morgan fingerprint density at radius 1 is 1.11 bits per heavy atom. The fourth-order valence-electron chi connectivity index (χ4n) is 2.41. The van der Waals surface area contributed by atoms with Crippen molar-refractivity contribution in [3.63, 3.8) is 0 Å². The van der Waals surface area contributed by atoms with Crippen LogP contribution in [-0.2, 0) is 4.79 Å². The monoisotopic (exact) mass is 268 g/mol. The summed E-state index contributed by atoms with van der Waals surface area (Å²) in [6.45, 7) is 10.6. The maximum Gasteiger partial charge on any atom is 0.224 e. The van der Waals surface area contributed by atoms with E-state index >= 15 is 0 Å². The Morgan fingerprint density at radius 2 is 1.58 bits per heavy atom. The molecule has 0 unspecified atom stereocenters. The van der Waals surface area contributed by atoms with E-state index in [1.807, 2.05) is 4.90 Å². The third kappa shape index (κ3) is 5.94. The predicted octanol–water partition coefficient (Wildman–Crippen LogP) is 3.18. The van der Waals surface area contributed by atoms with Crippen molar-refractivity contribution in [2.45, 2.75) is 71.8 Å². The molecule has 0 aliphatic heterocycles. The number of hydrogen-bond acceptors (Lipinski definition) is 2. The van der Waals surface area contributed by atoms with Gasteiger partial charge in [-0.3, -0.25) is 4.79 Å². The van der Waals surface area contributed by atoms with E-state index in [0.29, 0.717) is 18.3 Å². The van der Waals surface area contributed by atoms with Crippen LogP contribution in [0.15, 0.2) is 0 Å². The van der Waals surface area contributed by atoms with Crippen LogP contribution in [-0.4, -0.2) is 29.4 Å². The minimum Gasteiger partial charge on any atom is -0.343 e. The summed E-state index contributed by atoms with van der Waals surface area (Å²) in [6, 6.07) is 0. The molecule has 0 spiro atoms. The van der Waals surface area contributed by atoms with Crippen molar-refractivity contribution in [2.75, 3.05) is 13.1 Å². The fourth-order valence-corrected chi connectivity index (χ4v) is 2.41. The Bertz CT molecular complexity index is 270. The number of carbonyl (C=O) groups excluding carboxylic acids is 1. The third-order valence-corrected chi connectivity index (χ3v) is 4.16. The van der Waals surface area contributed by atoms with Crippen LogP contribution in [0.2, 0.25) is 0 Å². The number of nitrogens with two attached hydrogens (primary N) is 1. The Hall–Kier alpha value is -0.570. The van der Waals surface area contributed by atoms with Crippen molar-refractivity contribution in [3.8, 4) is 0 Å². The number of carbonyl (C=O) groups is 1. The first-order chi connectivity index (χ1) is 8.82. The number of hydrogen-bond donors (Lipinski definition) is 1. The highest BCUT2D eigenvalue weighted by molar-refractivity contribution is 5.77. The second kappa shape index (κ2) is 7.28. The molecule has 1 aliphatic rings. The Balaban J connectivity index is 2.47. The summed E-state index contributed by atoms with van der Waals surface area (Å²) >= 11 is 0. The van der Waals surface area contributed by atoms with Crippen molar-refractivity contribution in [1.82, 2.24) is 4.90 Å². The van der Waals surface area contributed by atoms with Gasteiger partial charge in [-0.25, -0.2) is 0 Å². The zero-order chi connectivity index (χ0) is 14.5. The van der Waals surface area contributed by atoms with Gasteiger partial charge >= 0.3 is 0 Å². The SMILES string of the molecule is CC(C)CCN(CCC(C)C)C(=O)CC1(N)CCC1. The van der Waals surface area contributed by atoms with E-state index in [1.165, 1.54) is 6.42 Å². The molecule has 0 radical (unpaired) electrons. The molecule has 19 heavy (non-hydrogen) atoms. The van der Waals surface area contributed by atoms with Crippen molar-refractivity contribution in [2.24, 2.45) is 17.6 Å². The highest BCUT2D eigenvalue weighted by Gasteiger charge is 2.35. The minimum atomic E-state index is -0.189. The molecule has 0 heterocycles. The minimum absolute atomic E-state index is 0.189. The van der Waals surface area contributed by atoms with E-state index in [0.717, 1.165) is 38.8 Å². The van der Waals surface area contributed by atoms with E-state index in [9.17, 15) is 4.79 Å². The summed E-state index contributed by atoms with van der Waals surface area (Å²) in [5.41, 5.74) is 6.02. The molecule has 0 saturated heterocycles. The zero-order valence-electron chi connectivity index (χ0n) is 13.2. The molecular formula is C16H32N2O. The average Bonchev–Trinajstić information content (AvgIpc) is 2.25. The van der Waals surface area contributed by atoms with Gasteiger partial charge in [-0.2, -0.15) is 0 Å². The molecule has 1 amide bonds. The van der Waals surface area contributed by atoms with Gasteiger partial charge in [0, 0.05) is 25.0 Å². The van der Waals surface area contributed by atoms with Crippen molar-refractivity contribution < 1.29 is 4.79 Å². The first kappa shape index (κ1) is 16.5. The third-order valence-electron chi connectivity index (χ3n) is 4.16. The Kier molecular flexibility index (Phi) is 6.31. The summed E-state index contributed by atoms with van der Waals surface area (Å²) in [4.78, 5) is 14.5. The van der Waals surface area contributed by atoms with E-state index in [2.05, 4.69) is 27.7 Å². The molecule has 3 heteroatoms. The lowest BCUT2D eigenvalue weighted by Crippen LogP contribution is -2.51. The summed E-state index contributed by atoms with van der Waals surface area (Å²) in [6.07, 6.45) is 5.93. The summed E-state index contributed by atoms with van der Waals surface area (Å²) < 4.78 is 0. The highest BCUT2D eigenvalue weighted by atomic mass is 16.2. The summed E-state index contributed by atoms with van der Waals surface area (Å²) in [7, 11) is 0. The fraction of sp³-hybridized carbons (Fsp3) is 0.938. The molecule has 0 aromatic carbocycles. The van der Waals surface area contributed by atoms with E-state index in [1.54, 1.807) is 0 Å². The first-order valence-electron chi connectivity index (χ1n) is 7.89. The molecule has 112 valence electrons. The lowest BCUT2D eigenvalue weighted by atomic mass is 9.75. The normalized spacial score (nSPS) is 17.6. The molecule has 1 aliphatic carbocycles. The summed E-state index contributed by atoms with van der Waals surface area (Å²) in [5.74, 6) is 1.55. The van der Waals surface area contributed by atoms with Crippen LogP contribution in [0, 0.1) is 11.8 Å². The standard InChI is InChI=1S/C16H32N2O/c1-13(2)6-10-18(11-7-14(3)4)15(19)12-16(17)8-5-9-16/h13-14H,5-12,17H2,1-4H3. The quantitative estimate of drug-likeness (QED) is 0.735. The molecule has 0 atom stereocenters. The van der Waals surface area contributed by atoms with Gasteiger partial charge in [0.2, 0.25) is 5.91 Å². The van der Waals surface area contributed by atoms with Gasteiger partial charge in [-0.15, -0.1) is 0 Å². The largest absolute Gasteiger partial charge is 0.343 e. The lowest BCUT2D eigenvalue weighted by molar-refractivity contribution is -0.133. The van der Waals surface area contributed by atoms with Gasteiger partial charge in [-0.1, -0.05) is 27.7 Å². The Morgan fingerprint density at radius 3 is 1.89 bits per heavy atom. The maximum atomic E-state index is 12.4. The summed E-state index contributed by atoms with van der Waals surface area (Å²) in [5, 5.41) is 0. The van der Waals surface area contributed by atoms with Crippen molar-refractivity contribution in [3.05, 3.63) is 0 Å². The van der Waals surface area contributed by atoms with Crippen LogP contribution in [0.5, 0.6) is 0 Å². The maximum absolute atomic E-state index is 12.4. The van der Waals surface area contributed by atoms with Crippen LogP contribution in [0.4, 0.5) is 0 Å². The number of amides is 1. The molecule has 0 bridgehead atoms. The van der Waals surface area contributed by atoms with E-state index in [4.69, 9.17) is 5.73 Å². The lowest BCUT2D eigenvalue weighted by Gasteiger charge is -2.39. The zero-order valence-corrected chi connectivity index (χ0v) is 13.2. The average molecular weight is 268 g/mol. The van der Waals surface area contributed by atoms with Crippen molar-refractivity contribution in [1.29, 1.82) is 0 Å². The predicted molar refractivity (Wildman–Crippen MR) is 80.9 cm³/mol. The van der Waals surface area contributed by atoms with E-state index in [-0.39, 0.29) is 11.4 Å². The molecule has 1 rings (SSSR count). The molecule has 0 aromatic heterocycles. The van der Waals surface area contributed by atoms with E-state index < -0.39 is 0 Å².